The maximum Gasteiger partial charge on any atom is 0.217 e. The third kappa shape index (κ3) is 5.19. The molecule has 4 aromatic rings. The Labute approximate surface area is 211 Å². The minimum absolute atomic E-state index is 0.0289. The molecule has 1 heterocycles. The van der Waals surface area contributed by atoms with Crippen LogP contribution in [-0.4, -0.2) is 17.2 Å². The van der Waals surface area contributed by atoms with Gasteiger partial charge in [0.15, 0.2) is 0 Å². The molecule has 0 aliphatic rings. The van der Waals surface area contributed by atoms with Gasteiger partial charge in [-0.3, -0.25) is 0 Å². The van der Waals surface area contributed by atoms with Gasteiger partial charge in [-0.15, -0.1) is 6.58 Å². The van der Waals surface area contributed by atoms with Gasteiger partial charge in [0.25, 0.3) is 0 Å². The van der Waals surface area contributed by atoms with Crippen molar-refractivity contribution in [2.75, 3.05) is 7.11 Å². The molecule has 0 saturated carbocycles. The van der Waals surface area contributed by atoms with E-state index in [1.165, 1.54) is 13.2 Å². The van der Waals surface area contributed by atoms with E-state index in [-0.39, 0.29) is 12.0 Å². The Morgan fingerprint density at radius 3 is 2.26 bits per heavy atom. The van der Waals surface area contributed by atoms with Crippen molar-refractivity contribution in [1.82, 2.24) is 4.98 Å². The molecule has 2 atom stereocenters. The van der Waals surface area contributed by atoms with Gasteiger partial charge in [-0.25, -0.2) is 13.8 Å². The molecule has 0 saturated heterocycles. The zero-order valence-corrected chi connectivity index (χ0v) is 20.7. The third-order valence-electron chi connectivity index (χ3n) is 5.99. The molecule has 0 aliphatic carbocycles. The predicted molar refractivity (Wildman–Crippen MR) is 137 cm³/mol. The molecule has 0 bridgehead atoms. The lowest BCUT2D eigenvalue weighted by Crippen LogP contribution is -2.34. The topological polar surface area (TPSA) is 42.4 Å². The average Bonchev–Trinajstić information content (AvgIpc) is 2.85. The Hall–Kier alpha value is -3.35. The molecule has 35 heavy (non-hydrogen) atoms. The van der Waals surface area contributed by atoms with Crippen LogP contribution in [0.3, 0.4) is 0 Å². The van der Waals surface area contributed by atoms with Gasteiger partial charge in [-0.2, -0.15) is 0 Å². The summed E-state index contributed by atoms with van der Waals surface area (Å²) in [4.78, 5) is 4.53. The van der Waals surface area contributed by atoms with Crippen molar-refractivity contribution >= 4 is 15.9 Å². The Morgan fingerprint density at radius 1 is 1.00 bits per heavy atom. The van der Waals surface area contributed by atoms with Gasteiger partial charge in [0, 0.05) is 33.8 Å². The van der Waals surface area contributed by atoms with E-state index in [9.17, 15) is 13.9 Å². The molecule has 1 N–H and O–H groups in total. The number of aromatic nitrogens is 1. The lowest BCUT2D eigenvalue weighted by atomic mass is 9.71. The summed E-state index contributed by atoms with van der Waals surface area (Å²) in [6, 6.07) is 22.0. The summed E-state index contributed by atoms with van der Waals surface area (Å²) in [6.45, 7) is 3.80. The summed E-state index contributed by atoms with van der Waals surface area (Å²) in [7, 11) is 1.50. The van der Waals surface area contributed by atoms with Crippen molar-refractivity contribution in [2.24, 2.45) is 0 Å². The first-order chi connectivity index (χ1) is 16.9. The Kier molecular flexibility index (Phi) is 7.43. The van der Waals surface area contributed by atoms with Crippen molar-refractivity contribution in [3.8, 4) is 17.0 Å². The molecule has 0 spiro atoms. The summed E-state index contributed by atoms with van der Waals surface area (Å²) >= 11 is 3.45. The molecular weight excluding hydrogens is 512 g/mol. The van der Waals surface area contributed by atoms with Crippen LogP contribution in [0.25, 0.3) is 11.1 Å². The van der Waals surface area contributed by atoms with Gasteiger partial charge < -0.3 is 9.84 Å². The number of hydrogen-bond donors (Lipinski definition) is 1. The largest absolute Gasteiger partial charge is 0.481 e. The number of ether oxygens (including phenoxy) is 1. The monoisotopic (exact) mass is 535 g/mol. The lowest BCUT2D eigenvalue weighted by Gasteiger charge is -2.37. The van der Waals surface area contributed by atoms with E-state index in [4.69, 9.17) is 4.74 Å². The average molecular weight is 536 g/mol. The highest BCUT2D eigenvalue weighted by Gasteiger charge is 2.42. The second-order valence-electron chi connectivity index (χ2n) is 8.25. The molecule has 2 unspecified atom stereocenters. The molecule has 6 heteroatoms. The van der Waals surface area contributed by atoms with Crippen LogP contribution in [0.4, 0.5) is 8.78 Å². The molecule has 3 aromatic carbocycles. The van der Waals surface area contributed by atoms with Gasteiger partial charge in [0.1, 0.15) is 17.2 Å². The minimum atomic E-state index is -1.75. The van der Waals surface area contributed by atoms with Crippen LogP contribution in [0.15, 0.2) is 102 Å². The zero-order chi connectivity index (χ0) is 25.0. The molecule has 0 amide bonds. The predicted octanol–water partition coefficient (Wildman–Crippen LogP) is 7.39. The van der Waals surface area contributed by atoms with Crippen molar-refractivity contribution in [3.05, 3.63) is 131 Å². The van der Waals surface area contributed by atoms with Gasteiger partial charge in [0.05, 0.1) is 7.11 Å². The number of pyridine rings is 1. The number of rotatable bonds is 8. The molecule has 0 aliphatic heterocycles. The third-order valence-corrected chi connectivity index (χ3v) is 6.52. The molecule has 4 rings (SSSR count). The number of methoxy groups -OCH3 is 1. The standard InChI is InChI=1S/C29H24BrF2NO2/c1-3-13-29(34,22-15-24(31)17-25(32)16-22)27(20-7-5-4-6-8-20)26-14-21(18-33-28(26)35-2)19-9-11-23(30)12-10-19/h3-12,14-18,27,34H,1,13H2,2H3. The zero-order valence-electron chi connectivity index (χ0n) is 19.1. The van der Waals surface area contributed by atoms with Crippen molar-refractivity contribution in [1.29, 1.82) is 0 Å². The van der Waals surface area contributed by atoms with Crippen molar-refractivity contribution in [3.63, 3.8) is 0 Å². The fourth-order valence-corrected chi connectivity index (χ4v) is 4.70. The first kappa shape index (κ1) is 24.8. The normalized spacial score (nSPS) is 13.6. The van der Waals surface area contributed by atoms with Crippen LogP contribution in [0.5, 0.6) is 5.88 Å². The van der Waals surface area contributed by atoms with Gasteiger partial charge in [-0.1, -0.05) is 64.5 Å². The second-order valence-corrected chi connectivity index (χ2v) is 9.16. The SMILES string of the molecule is C=CCC(O)(c1cc(F)cc(F)c1)C(c1ccccc1)c1cc(-c2ccc(Br)cc2)cnc1OC. The number of aliphatic hydroxyl groups is 1. The highest BCUT2D eigenvalue weighted by Crippen LogP contribution is 2.47. The van der Waals surface area contributed by atoms with Crippen molar-refractivity contribution in [2.45, 2.75) is 17.9 Å². The van der Waals surface area contributed by atoms with E-state index in [1.54, 1.807) is 6.20 Å². The summed E-state index contributed by atoms with van der Waals surface area (Å²) in [5, 5.41) is 12.2. The van der Waals surface area contributed by atoms with Crippen LogP contribution >= 0.6 is 15.9 Å². The van der Waals surface area contributed by atoms with Crippen LogP contribution in [0, 0.1) is 11.6 Å². The summed E-state index contributed by atoms with van der Waals surface area (Å²) in [5.74, 6) is -2.02. The highest BCUT2D eigenvalue weighted by atomic mass is 79.9. The Balaban J connectivity index is 2.00. The lowest BCUT2D eigenvalue weighted by molar-refractivity contribution is 0.0207. The molecule has 0 fully saturated rings. The maximum atomic E-state index is 14.3. The first-order valence-electron chi connectivity index (χ1n) is 11.0. The van der Waals surface area contributed by atoms with Crippen LogP contribution in [0.1, 0.15) is 29.0 Å². The van der Waals surface area contributed by atoms with E-state index in [1.807, 2.05) is 60.7 Å². The number of halogens is 3. The molecule has 3 nitrogen and oxygen atoms in total. The summed E-state index contributed by atoms with van der Waals surface area (Å²) in [5.41, 5.74) is 1.38. The highest BCUT2D eigenvalue weighted by molar-refractivity contribution is 9.10. The van der Waals surface area contributed by atoms with Gasteiger partial charge >= 0.3 is 0 Å². The molecule has 1 aromatic heterocycles. The van der Waals surface area contributed by atoms with Crippen LogP contribution in [-0.2, 0) is 5.60 Å². The van der Waals surface area contributed by atoms with E-state index >= 15 is 0 Å². The molecule has 0 radical (unpaired) electrons. The number of hydrogen-bond acceptors (Lipinski definition) is 3. The minimum Gasteiger partial charge on any atom is -0.481 e. The van der Waals surface area contributed by atoms with Crippen molar-refractivity contribution < 1.29 is 18.6 Å². The number of benzene rings is 3. The van der Waals surface area contributed by atoms with E-state index < -0.39 is 23.2 Å². The smallest absolute Gasteiger partial charge is 0.217 e. The summed E-state index contributed by atoms with van der Waals surface area (Å²) < 4.78 is 35.2. The number of nitrogens with zero attached hydrogens (tertiary/aromatic N) is 1. The fraction of sp³-hybridized carbons (Fsp3) is 0.138. The van der Waals surface area contributed by atoms with E-state index in [2.05, 4.69) is 27.5 Å². The quantitative estimate of drug-likeness (QED) is 0.239. The maximum absolute atomic E-state index is 14.3. The molecular formula is C29H24BrF2NO2. The van der Waals surface area contributed by atoms with E-state index in [0.717, 1.165) is 39.4 Å². The van der Waals surface area contributed by atoms with Crippen LogP contribution in [0.2, 0.25) is 0 Å². The van der Waals surface area contributed by atoms with Gasteiger partial charge in [0.2, 0.25) is 5.88 Å². The van der Waals surface area contributed by atoms with E-state index in [0.29, 0.717) is 11.4 Å². The first-order valence-corrected chi connectivity index (χ1v) is 11.8. The second kappa shape index (κ2) is 10.5. The molecule has 178 valence electrons. The van der Waals surface area contributed by atoms with Gasteiger partial charge in [-0.05, 0) is 53.4 Å². The van der Waals surface area contributed by atoms with Crippen LogP contribution < -0.4 is 4.74 Å². The summed E-state index contributed by atoms with van der Waals surface area (Å²) in [6.07, 6.45) is 3.26. The fourth-order valence-electron chi connectivity index (χ4n) is 4.43. The Bertz CT molecular complexity index is 1310. The Morgan fingerprint density at radius 2 is 1.66 bits per heavy atom.